The Kier molecular flexibility index (Phi) is 4.79. The number of para-hydroxylation sites is 1. The fraction of sp³-hybridized carbons (Fsp3) is 0.280. The molecule has 0 amide bonds. The number of H-pyrrole nitrogens is 1. The van der Waals surface area contributed by atoms with Crippen LogP contribution >= 0.6 is 0 Å². The van der Waals surface area contributed by atoms with Crippen molar-refractivity contribution in [3.8, 4) is 17.1 Å². The van der Waals surface area contributed by atoms with E-state index in [0.717, 1.165) is 24.2 Å². The maximum absolute atomic E-state index is 12.8. The minimum atomic E-state index is -2.94. The number of nitrogens with zero attached hydrogens (tertiary/aromatic N) is 3. The molecule has 1 aliphatic carbocycles. The third-order valence-corrected chi connectivity index (χ3v) is 6.71. The van der Waals surface area contributed by atoms with Crippen molar-refractivity contribution in [2.45, 2.75) is 43.8 Å². The monoisotopic (exact) mass is 462 g/mol. The second kappa shape index (κ2) is 7.86. The highest BCUT2D eigenvalue weighted by atomic mass is 19.3. The number of aromatic nitrogens is 4. The van der Waals surface area contributed by atoms with Gasteiger partial charge in [0.25, 0.3) is 0 Å². The summed E-state index contributed by atoms with van der Waals surface area (Å²) in [6.07, 6.45) is 4.61. The average Bonchev–Trinajstić information content (AvgIpc) is 3.39. The molecule has 0 bridgehead atoms. The molecule has 9 heteroatoms. The molecular weight excluding hydrogens is 442 g/mol. The number of alkyl halides is 2. The Balaban J connectivity index is 1.25. The molecular formula is C25H20F2N4O3. The number of nitrogens with one attached hydrogen (secondary N) is 1. The topological polar surface area (TPSA) is 90.0 Å². The molecule has 6 rings (SSSR count). The number of ether oxygens (including phenoxy) is 2. The Labute approximate surface area is 193 Å². The number of carbonyl (C=O) groups is 1. The van der Waals surface area contributed by atoms with Gasteiger partial charge in [0.1, 0.15) is 22.7 Å². The van der Waals surface area contributed by atoms with E-state index < -0.39 is 12.2 Å². The van der Waals surface area contributed by atoms with Crippen molar-refractivity contribution in [1.82, 2.24) is 19.9 Å². The molecule has 0 radical (unpaired) electrons. The lowest BCUT2D eigenvalue weighted by atomic mass is 9.75. The van der Waals surface area contributed by atoms with Crippen LogP contribution in [0.2, 0.25) is 0 Å². The van der Waals surface area contributed by atoms with Crippen LogP contribution in [0.25, 0.3) is 22.6 Å². The fourth-order valence-electron chi connectivity index (χ4n) is 5.08. The second-order valence-corrected chi connectivity index (χ2v) is 8.63. The smallest absolute Gasteiger partial charge is 0.387 e. The number of benzene rings is 2. The largest absolute Gasteiger partial charge is 0.451 e. The van der Waals surface area contributed by atoms with Crippen molar-refractivity contribution >= 4 is 17.1 Å². The zero-order valence-electron chi connectivity index (χ0n) is 18.0. The van der Waals surface area contributed by atoms with Gasteiger partial charge in [0, 0.05) is 11.5 Å². The van der Waals surface area contributed by atoms with Gasteiger partial charge in [-0.25, -0.2) is 19.7 Å². The van der Waals surface area contributed by atoms with Gasteiger partial charge in [-0.1, -0.05) is 30.3 Å². The maximum atomic E-state index is 12.8. The van der Waals surface area contributed by atoms with E-state index in [1.807, 2.05) is 24.3 Å². The van der Waals surface area contributed by atoms with Crippen LogP contribution in [0.5, 0.6) is 5.75 Å². The molecule has 0 unspecified atom stereocenters. The zero-order valence-corrected chi connectivity index (χ0v) is 18.0. The molecule has 1 N–H and O–H groups in total. The van der Waals surface area contributed by atoms with E-state index in [1.54, 1.807) is 24.4 Å². The number of halogens is 2. The number of hydrogen-bond donors (Lipinski definition) is 1. The third-order valence-electron chi connectivity index (χ3n) is 6.71. The van der Waals surface area contributed by atoms with Crippen molar-refractivity contribution in [2.75, 3.05) is 0 Å². The van der Waals surface area contributed by atoms with Crippen molar-refractivity contribution in [3.05, 3.63) is 71.7 Å². The van der Waals surface area contributed by atoms with Gasteiger partial charge < -0.3 is 14.5 Å². The third kappa shape index (κ3) is 3.39. The highest BCUT2D eigenvalue weighted by Crippen LogP contribution is 2.49. The van der Waals surface area contributed by atoms with E-state index in [-0.39, 0.29) is 23.5 Å². The Morgan fingerprint density at radius 2 is 1.76 bits per heavy atom. The van der Waals surface area contributed by atoms with Crippen LogP contribution in [0.4, 0.5) is 8.78 Å². The number of carbonyl (C=O) groups excluding carboxylic acids is 1. The van der Waals surface area contributed by atoms with Crippen LogP contribution in [0.3, 0.4) is 0 Å². The highest BCUT2D eigenvalue weighted by Gasteiger charge is 2.47. The van der Waals surface area contributed by atoms with Crippen LogP contribution in [-0.4, -0.2) is 32.5 Å². The van der Waals surface area contributed by atoms with Gasteiger partial charge in [-0.15, -0.1) is 0 Å². The molecule has 0 atom stereocenters. The molecule has 7 nitrogen and oxygen atoms in total. The summed E-state index contributed by atoms with van der Waals surface area (Å²) >= 11 is 0. The summed E-state index contributed by atoms with van der Waals surface area (Å²) in [5.74, 6) is 0.989. The maximum Gasteiger partial charge on any atom is 0.387 e. The number of esters is 1. The first kappa shape index (κ1) is 20.7. The van der Waals surface area contributed by atoms with Crippen LogP contribution in [-0.2, 0) is 10.3 Å². The predicted octanol–water partition coefficient (Wildman–Crippen LogP) is 5.34. The summed E-state index contributed by atoms with van der Waals surface area (Å²) in [6.45, 7) is -2.94. The molecule has 2 aromatic heterocycles. The van der Waals surface area contributed by atoms with Crippen LogP contribution in [0.1, 0.15) is 53.3 Å². The Morgan fingerprint density at radius 3 is 2.56 bits per heavy atom. The lowest BCUT2D eigenvalue weighted by molar-refractivity contribution is -0.0495. The van der Waals surface area contributed by atoms with E-state index in [9.17, 15) is 13.6 Å². The van der Waals surface area contributed by atoms with Crippen LogP contribution in [0.15, 0.2) is 54.7 Å². The minimum Gasteiger partial charge on any atom is -0.451 e. The molecule has 34 heavy (non-hydrogen) atoms. The number of imidazole rings is 1. The first-order valence-corrected chi connectivity index (χ1v) is 11.1. The lowest BCUT2D eigenvalue weighted by Crippen LogP contribution is -2.31. The Hall–Kier alpha value is -3.88. The van der Waals surface area contributed by atoms with E-state index in [0.29, 0.717) is 35.1 Å². The molecule has 4 aromatic rings. The summed E-state index contributed by atoms with van der Waals surface area (Å²) in [4.78, 5) is 29.1. The number of hydrogen-bond acceptors (Lipinski definition) is 6. The van der Waals surface area contributed by atoms with Crippen molar-refractivity contribution in [2.24, 2.45) is 0 Å². The normalized spacial score (nSPS) is 21.7. The first-order chi connectivity index (χ1) is 16.5. The standard InChI is InChI=1S/C25H20F2N4O3/c26-24(27)33-19-8-4-2-6-16(19)21-28-13-18-22(31-21)30-20(29-18)14-9-11-25(12-10-14)17-7-3-1-5-15(17)23(32)34-25/h1-8,13-14,24H,9-12H2,(H,28,29,30,31). The molecule has 2 aliphatic rings. The molecule has 172 valence electrons. The molecule has 1 spiro atoms. The molecule has 2 aromatic carbocycles. The summed E-state index contributed by atoms with van der Waals surface area (Å²) in [6, 6.07) is 14.0. The van der Waals surface area contributed by atoms with E-state index >= 15 is 0 Å². The second-order valence-electron chi connectivity index (χ2n) is 8.63. The summed E-state index contributed by atoms with van der Waals surface area (Å²) in [5.41, 5.74) is 2.58. The quantitative estimate of drug-likeness (QED) is 0.412. The average molecular weight is 462 g/mol. The van der Waals surface area contributed by atoms with Crippen molar-refractivity contribution in [1.29, 1.82) is 0 Å². The van der Waals surface area contributed by atoms with Crippen LogP contribution in [0, 0.1) is 0 Å². The van der Waals surface area contributed by atoms with Gasteiger partial charge in [-0.05, 0) is 43.9 Å². The molecule has 1 aliphatic heterocycles. The summed E-state index contributed by atoms with van der Waals surface area (Å²) in [7, 11) is 0. The van der Waals surface area contributed by atoms with Crippen molar-refractivity contribution in [3.63, 3.8) is 0 Å². The van der Waals surface area contributed by atoms with Gasteiger partial charge in [0.05, 0.1) is 17.3 Å². The zero-order chi connectivity index (χ0) is 23.3. The fourth-order valence-corrected chi connectivity index (χ4v) is 5.08. The van der Waals surface area contributed by atoms with Crippen LogP contribution < -0.4 is 4.74 Å². The summed E-state index contributed by atoms with van der Waals surface area (Å²) in [5, 5.41) is 0. The van der Waals surface area contributed by atoms with E-state index in [2.05, 4.69) is 24.7 Å². The van der Waals surface area contributed by atoms with Gasteiger partial charge in [-0.2, -0.15) is 8.78 Å². The summed E-state index contributed by atoms with van der Waals surface area (Å²) < 4.78 is 36.0. The van der Waals surface area contributed by atoms with E-state index in [1.165, 1.54) is 6.07 Å². The predicted molar refractivity (Wildman–Crippen MR) is 118 cm³/mol. The minimum absolute atomic E-state index is 0.0144. The highest BCUT2D eigenvalue weighted by molar-refractivity contribution is 5.94. The van der Waals surface area contributed by atoms with Gasteiger partial charge in [0.2, 0.25) is 0 Å². The van der Waals surface area contributed by atoms with Gasteiger partial charge in [-0.3, -0.25) is 0 Å². The Morgan fingerprint density at radius 1 is 1.03 bits per heavy atom. The van der Waals surface area contributed by atoms with Gasteiger partial charge >= 0.3 is 12.6 Å². The molecule has 0 saturated heterocycles. The lowest BCUT2D eigenvalue weighted by Gasteiger charge is -2.35. The molecule has 3 heterocycles. The van der Waals surface area contributed by atoms with E-state index in [4.69, 9.17) is 4.74 Å². The van der Waals surface area contributed by atoms with Crippen molar-refractivity contribution < 1.29 is 23.0 Å². The SMILES string of the molecule is O=C1OC2(CCC(c3nc4cnc(-c5ccccc5OC(F)F)nc4[nH]3)CC2)c2ccccc21. The Bertz CT molecular complexity index is 1400. The number of aromatic amines is 1. The molecule has 1 fully saturated rings. The number of fused-ring (bicyclic) bond motifs is 3. The number of rotatable bonds is 4. The first-order valence-electron chi connectivity index (χ1n) is 11.1. The van der Waals surface area contributed by atoms with Gasteiger partial charge in [0.15, 0.2) is 11.5 Å². The molecule has 1 saturated carbocycles.